The Kier molecular flexibility index (Phi) is 6.65. The number of aliphatic carboxylic acids is 1. The summed E-state index contributed by atoms with van der Waals surface area (Å²) in [5.74, 6) is -0.0462. The van der Waals surface area contributed by atoms with E-state index in [1.165, 1.54) is 22.9 Å². The van der Waals surface area contributed by atoms with Crippen LogP contribution in [0.15, 0.2) is 54.6 Å². The lowest BCUT2D eigenvalue weighted by atomic mass is 9.82. The fourth-order valence-electron chi connectivity index (χ4n) is 2.50. The van der Waals surface area contributed by atoms with E-state index in [9.17, 15) is 14.7 Å². The van der Waals surface area contributed by atoms with Crippen LogP contribution in [0, 0.1) is 6.92 Å². The number of carboxylic acids is 1. The molecule has 1 unspecified atom stereocenters. The van der Waals surface area contributed by atoms with E-state index in [2.05, 4.69) is 11.4 Å². The average molecular weight is 357 g/mol. The van der Waals surface area contributed by atoms with Gasteiger partial charge in [0.1, 0.15) is 5.41 Å². The Bertz CT molecular complexity index is 733. The van der Waals surface area contributed by atoms with Crippen molar-refractivity contribution in [3.63, 3.8) is 0 Å². The standard InChI is InChI=1S/C20H23NO3S/c1-15-7-6-8-16(11-15)12-25-13-18(22)21-14-20(2,19(23)24)17-9-4-3-5-10-17/h3-11H,12-14H2,1-2H3,(H,21,22)(H,23,24). The van der Waals surface area contributed by atoms with Gasteiger partial charge in [-0.1, -0.05) is 60.2 Å². The predicted octanol–water partition coefficient (Wildman–Crippen LogP) is 3.39. The first kappa shape index (κ1) is 19.1. The fraction of sp³-hybridized carbons (Fsp3) is 0.300. The molecule has 0 fully saturated rings. The summed E-state index contributed by atoms with van der Waals surface area (Å²) in [6.45, 7) is 3.73. The topological polar surface area (TPSA) is 66.4 Å². The Morgan fingerprint density at radius 1 is 1.12 bits per heavy atom. The summed E-state index contributed by atoms with van der Waals surface area (Å²) in [4.78, 5) is 23.8. The Morgan fingerprint density at radius 3 is 2.48 bits per heavy atom. The van der Waals surface area contributed by atoms with E-state index in [4.69, 9.17) is 0 Å². The van der Waals surface area contributed by atoms with Crippen LogP contribution in [0.4, 0.5) is 0 Å². The second kappa shape index (κ2) is 8.72. The zero-order valence-electron chi connectivity index (χ0n) is 14.5. The van der Waals surface area contributed by atoms with Gasteiger partial charge < -0.3 is 10.4 Å². The van der Waals surface area contributed by atoms with Crippen molar-refractivity contribution in [1.29, 1.82) is 0 Å². The Balaban J connectivity index is 1.86. The molecule has 25 heavy (non-hydrogen) atoms. The van der Waals surface area contributed by atoms with E-state index in [1.807, 2.05) is 31.2 Å². The third-order valence-electron chi connectivity index (χ3n) is 4.11. The lowest BCUT2D eigenvalue weighted by molar-refractivity contribution is -0.143. The minimum absolute atomic E-state index is 0.0657. The molecule has 2 N–H and O–H groups in total. The lowest BCUT2D eigenvalue weighted by Crippen LogP contribution is -2.44. The van der Waals surface area contributed by atoms with Crippen molar-refractivity contribution in [2.45, 2.75) is 25.0 Å². The molecule has 0 bridgehead atoms. The van der Waals surface area contributed by atoms with Crippen LogP contribution < -0.4 is 5.32 Å². The second-order valence-corrected chi connectivity index (χ2v) is 7.25. The summed E-state index contributed by atoms with van der Waals surface area (Å²) in [5.41, 5.74) is 1.91. The van der Waals surface area contributed by atoms with Crippen LogP contribution >= 0.6 is 11.8 Å². The maximum absolute atomic E-state index is 12.1. The van der Waals surface area contributed by atoms with Gasteiger partial charge in [0, 0.05) is 12.3 Å². The number of nitrogens with one attached hydrogen (secondary N) is 1. The van der Waals surface area contributed by atoms with E-state index in [-0.39, 0.29) is 12.5 Å². The SMILES string of the molecule is Cc1cccc(CSCC(=O)NCC(C)(C(=O)O)c2ccccc2)c1. The van der Waals surface area contributed by atoms with Gasteiger partial charge in [-0.25, -0.2) is 0 Å². The number of aryl methyl sites for hydroxylation is 1. The van der Waals surface area contributed by atoms with Crippen LogP contribution in [-0.4, -0.2) is 29.3 Å². The molecule has 0 saturated carbocycles. The van der Waals surface area contributed by atoms with Gasteiger partial charge >= 0.3 is 5.97 Å². The van der Waals surface area contributed by atoms with E-state index < -0.39 is 11.4 Å². The zero-order valence-corrected chi connectivity index (χ0v) is 15.3. The van der Waals surface area contributed by atoms with Crippen molar-refractivity contribution >= 4 is 23.6 Å². The molecule has 1 amide bonds. The molecule has 0 aliphatic heterocycles. The van der Waals surface area contributed by atoms with Crippen molar-refractivity contribution in [2.75, 3.05) is 12.3 Å². The smallest absolute Gasteiger partial charge is 0.315 e. The molecule has 0 saturated heterocycles. The second-order valence-electron chi connectivity index (χ2n) is 6.26. The highest BCUT2D eigenvalue weighted by Gasteiger charge is 2.35. The predicted molar refractivity (Wildman–Crippen MR) is 102 cm³/mol. The normalized spacial score (nSPS) is 13.0. The molecule has 2 aromatic carbocycles. The molecule has 0 aromatic heterocycles. The first-order chi connectivity index (χ1) is 11.9. The van der Waals surface area contributed by atoms with E-state index >= 15 is 0 Å². The molecule has 0 aliphatic rings. The molecule has 132 valence electrons. The van der Waals surface area contributed by atoms with Crippen LogP contribution in [-0.2, 0) is 20.8 Å². The molecule has 2 aromatic rings. The maximum atomic E-state index is 12.1. The number of rotatable bonds is 8. The number of hydrogen-bond acceptors (Lipinski definition) is 3. The summed E-state index contributed by atoms with van der Waals surface area (Å²) < 4.78 is 0. The first-order valence-electron chi connectivity index (χ1n) is 8.11. The summed E-state index contributed by atoms with van der Waals surface area (Å²) in [7, 11) is 0. The molecule has 2 rings (SSSR count). The van der Waals surface area contributed by atoms with Gasteiger partial charge in [-0.15, -0.1) is 11.8 Å². The van der Waals surface area contributed by atoms with Gasteiger partial charge in [0.05, 0.1) is 5.75 Å². The molecule has 0 spiro atoms. The number of thioether (sulfide) groups is 1. The summed E-state index contributed by atoms with van der Waals surface area (Å²) in [5, 5.41) is 12.4. The number of carbonyl (C=O) groups is 2. The van der Waals surface area contributed by atoms with Gasteiger partial charge in [-0.2, -0.15) is 0 Å². The molecular formula is C20H23NO3S. The number of carboxylic acid groups (broad SMARTS) is 1. The van der Waals surface area contributed by atoms with Crippen LogP contribution in [0.1, 0.15) is 23.6 Å². The fourth-order valence-corrected chi connectivity index (χ4v) is 3.30. The molecule has 0 aliphatic carbocycles. The Hall–Kier alpha value is -2.27. The van der Waals surface area contributed by atoms with Crippen LogP contribution in [0.5, 0.6) is 0 Å². The quantitative estimate of drug-likeness (QED) is 0.760. The number of hydrogen-bond donors (Lipinski definition) is 2. The highest BCUT2D eigenvalue weighted by atomic mass is 32.2. The molecule has 0 heterocycles. The summed E-state index contributed by atoms with van der Waals surface area (Å²) >= 11 is 1.52. The van der Waals surface area contributed by atoms with Crippen LogP contribution in [0.3, 0.4) is 0 Å². The van der Waals surface area contributed by atoms with Crippen molar-refractivity contribution in [3.8, 4) is 0 Å². The van der Waals surface area contributed by atoms with Gasteiger partial charge in [0.2, 0.25) is 5.91 Å². The Labute approximate surface area is 152 Å². The maximum Gasteiger partial charge on any atom is 0.315 e. The Morgan fingerprint density at radius 2 is 1.84 bits per heavy atom. The molecule has 4 nitrogen and oxygen atoms in total. The summed E-state index contributed by atoms with van der Waals surface area (Å²) in [6.07, 6.45) is 0. The monoisotopic (exact) mass is 357 g/mol. The third-order valence-corrected chi connectivity index (χ3v) is 5.11. The van der Waals surface area contributed by atoms with E-state index in [0.29, 0.717) is 11.3 Å². The first-order valence-corrected chi connectivity index (χ1v) is 9.26. The van der Waals surface area contributed by atoms with Crippen molar-refractivity contribution in [2.24, 2.45) is 0 Å². The third kappa shape index (κ3) is 5.36. The largest absolute Gasteiger partial charge is 0.481 e. The molecule has 1 atom stereocenters. The lowest BCUT2D eigenvalue weighted by Gasteiger charge is -2.25. The van der Waals surface area contributed by atoms with Gasteiger partial charge in [-0.05, 0) is 25.0 Å². The van der Waals surface area contributed by atoms with Gasteiger partial charge in [0.15, 0.2) is 0 Å². The van der Waals surface area contributed by atoms with Crippen molar-refractivity contribution in [1.82, 2.24) is 5.32 Å². The highest BCUT2D eigenvalue weighted by Crippen LogP contribution is 2.23. The zero-order chi connectivity index (χ0) is 18.3. The minimum Gasteiger partial charge on any atom is -0.481 e. The van der Waals surface area contributed by atoms with Crippen molar-refractivity contribution < 1.29 is 14.7 Å². The molecular weight excluding hydrogens is 334 g/mol. The highest BCUT2D eigenvalue weighted by molar-refractivity contribution is 7.99. The van der Waals surface area contributed by atoms with Crippen molar-refractivity contribution in [3.05, 3.63) is 71.3 Å². The average Bonchev–Trinajstić information content (AvgIpc) is 2.60. The molecule has 5 heteroatoms. The van der Waals surface area contributed by atoms with Crippen LogP contribution in [0.2, 0.25) is 0 Å². The van der Waals surface area contributed by atoms with E-state index in [0.717, 1.165) is 5.75 Å². The van der Waals surface area contributed by atoms with E-state index in [1.54, 1.807) is 31.2 Å². The summed E-state index contributed by atoms with van der Waals surface area (Å²) in [6, 6.07) is 17.2. The number of amides is 1. The minimum atomic E-state index is -1.14. The van der Waals surface area contributed by atoms with Gasteiger partial charge in [-0.3, -0.25) is 9.59 Å². The number of carbonyl (C=O) groups excluding carboxylic acids is 1. The number of benzene rings is 2. The molecule has 0 radical (unpaired) electrons. The van der Waals surface area contributed by atoms with Crippen LogP contribution in [0.25, 0.3) is 0 Å². The van der Waals surface area contributed by atoms with Gasteiger partial charge in [0.25, 0.3) is 0 Å².